The molecule has 2 aliphatic heterocycles. The molecule has 0 atom stereocenters. The summed E-state index contributed by atoms with van der Waals surface area (Å²) in [4.78, 5) is 37.1. The molecule has 2 aromatic rings. The fraction of sp³-hybridized carbons (Fsp3) is 0.625. The number of nitrogens with one attached hydrogen (secondary N) is 2. The van der Waals surface area contributed by atoms with Crippen LogP contribution in [0.5, 0.6) is 0 Å². The zero-order chi connectivity index (χ0) is 21.9. The molecule has 2 N–H and O–H groups in total. The maximum atomic E-state index is 12.7. The van der Waals surface area contributed by atoms with Gasteiger partial charge in [0.2, 0.25) is 5.91 Å². The van der Waals surface area contributed by atoms with Crippen LogP contribution < -0.4 is 5.32 Å². The molecule has 0 unspecified atom stereocenters. The van der Waals surface area contributed by atoms with Crippen LogP contribution in [0, 0.1) is 5.92 Å². The van der Waals surface area contributed by atoms with Gasteiger partial charge in [0.25, 0.3) is 5.91 Å². The summed E-state index contributed by atoms with van der Waals surface area (Å²) in [5.41, 5.74) is 2.37. The van der Waals surface area contributed by atoms with Crippen LogP contribution in [0.1, 0.15) is 48.9 Å². The number of benzene rings is 1. The molecule has 1 aromatic carbocycles. The molecular formula is C24H33N5O3. The van der Waals surface area contributed by atoms with Gasteiger partial charge in [0.05, 0.1) is 17.4 Å². The van der Waals surface area contributed by atoms with Gasteiger partial charge >= 0.3 is 0 Å². The van der Waals surface area contributed by atoms with E-state index < -0.39 is 0 Å². The highest BCUT2D eigenvalue weighted by molar-refractivity contribution is 5.97. The van der Waals surface area contributed by atoms with Crippen molar-refractivity contribution in [3.05, 3.63) is 30.1 Å². The van der Waals surface area contributed by atoms with Crippen molar-refractivity contribution in [1.82, 2.24) is 25.1 Å². The first kappa shape index (κ1) is 21.4. The van der Waals surface area contributed by atoms with Crippen molar-refractivity contribution in [1.29, 1.82) is 0 Å². The Labute approximate surface area is 188 Å². The number of fused-ring (bicyclic) bond motifs is 1. The normalized spacial score (nSPS) is 20.7. The van der Waals surface area contributed by atoms with Crippen molar-refractivity contribution in [2.24, 2.45) is 5.92 Å². The van der Waals surface area contributed by atoms with Gasteiger partial charge < -0.3 is 19.9 Å². The maximum Gasteiger partial charge on any atom is 0.251 e. The number of hydrogen-bond acceptors (Lipinski definition) is 5. The number of piperidine rings is 1. The molecule has 3 fully saturated rings. The van der Waals surface area contributed by atoms with E-state index in [2.05, 4.69) is 25.1 Å². The lowest BCUT2D eigenvalue weighted by Crippen LogP contribution is -2.53. The van der Waals surface area contributed by atoms with E-state index in [1.54, 1.807) is 6.33 Å². The van der Waals surface area contributed by atoms with Gasteiger partial charge in [-0.15, -0.1) is 0 Å². The first-order chi connectivity index (χ1) is 15.7. The van der Waals surface area contributed by atoms with E-state index in [0.717, 1.165) is 82.4 Å². The van der Waals surface area contributed by atoms with Gasteiger partial charge in [-0.1, -0.05) is 0 Å². The van der Waals surface area contributed by atoms with Gasteiger partial charge in [-0.05, 0) is 56.7 Å². The topological polar surface area (TPSA) is 90.6 Å². The third kappa shape index (κ3) is 4.81. The summed E-state index contributed by atoms with van der Waals surface area (Å²) in [6.45, 7) is 4.75. The van der Waals surface area contributed by atoms with Crippen LogP contribution in [0.3, 0.4) is 0 Å². The molecule has 8 heteroatoms. The lowest BCUT2D eigenvalue weighted by Gasteiger charge is -2.43. The van der Waals surface area contributed by atoms with Crippen molar-refractivity contribution in [2.75, 3.05) is 39.4 Å². The van der Waals surface area contributed by atoms with Crippen molar-refractivity contribution in [3.8, 4) is 0 Å². The third-order valence-corrected chi connectivity index (χ3v) is 7.17. The SMILES string of the molecule is O=C(NCCN(C1CCOCC1)C1CCN(C(=O)C2CC2)CC1)c1ccc2nc[nH]c2c1. The van der Waals surface area contributed by atoms with Crippen LogP contribution in [0.25, 0.3) is 11.0 Å². The molecule has 1 saturated carbocycles. The van der Waals surface area contributed by atoms with E-state index >= 15 is 0 Å². The second kappa shape index (κ2) is 9.58. The Morgan fingerprint density at radius 1 is 1.09 bits per heavy atom. The lowest BCUT2D eigenvalue weighted by atomic mass is 9.97. The van der Waals surface area contributed by atoms with E-state index in [1.165, 1.54) is 0 Å². The number of carbonyl (C=O) groups is 2. The van der Waals surface area contributed by atoms with Crippen LogP contribution in [-0.4, -0.2) is 83.1 Å². The summed E-state index contributed by atoms with van der Waals surface area (Å²) < 4.78 is 5.59. The molecule has 0 bridgehead atoms. The molecule has 1 aromatic heterocycles. The second-order valence-electron chi connectivity index (χ2n) is 9.30. The molecule has 3 heterocycles. The molecule has 0 radical (unpaired) electrons. The first-order valence-electron chi connectivity index (χ1n) is 12.0. The largest absolute Gasteiger partial charge is 0.381 e. The molecule has 2 saturated heterocycles. The van der Waals surface area contributed by atoms with Crippen LogP contribution >= 0.6 is 0 Å². The number of ether oxygens (including phenoxy) is 1. The number of aromatic amines is 1. The highest BCUT2D eigenvalue weighted by atomic mass is 16.5. The molecule has 172 valence electrons. The Morgan fingerprint density at radius 2 is 1.84 bits per heavy atom. The number of amides is 2. The average molecular weight is 440 g/mol. The Bertz CT molecular complexity index is 942. The summed E-state index contributed by atoms with van der Waals surface area (Å²) in [7, 11) is 0. The number of imidazole rings is 1. The third-order valence-electron chi connectivity index (χ3n) is 7.17. The lowest BCUT2D eigenvalue weighted by molar-refractivity contribution is -0.134. The highest BCUT2D eigenvalue weighted by Gasteiger charge is 2.37. The number of aromatic nitrogens is 2. The first-order valence-corrected chi connectivity index (χ1v) is 12.0. The molecule has 5 rings (SSSR count). The van der Waals surface area contributed by atoms with Crippen molar-refractivity contribution in [2.45, 2.75) is 50.6 Å². The molecule has 32 heavy (non-hydrogen) atoms. The van der Waals surface area contributed by atoms with Gasteiger partial charge in [0.1, 0.15) is 0 Å². The minimum Gasteiger partial charge on any atom is -0.381 e. The smallest absolute Gasteiger partial charge is 0.251 e. The average Bonchev–Trinajstić information content (AvgIpc) is 3.58. The van der Waals surface area contributed by atoms with Crippen molar-refractivity contribution < 1.29 is 14.3 Å². The summed E-state index contributed by atoms with van der Waals surface area (Å²) in [6, 6.07) is 6.48. The number of likely N-dealkylation sites (tertiary alicyclic amines) is 1. The Kier molecular flexibility index (Phi) is 6.41. The molecule has 0 spiro atoms. The highest BCUT2D eigenvalue weighted by Crippen LogP contribution is 2.32. The minimum atomic E-state index is -0.0572. The zero-order valence-electron chi connectivity index (χ0n) is 18.6. The summed E-state index contributed by atoms with van der Waals surface area (Å²) >= 11 is 0. The number of H-pyrrole nitrogens is 1. The quantitative estimate of drug-likeness (QED) is 0.690. The standard InChI is InChI=1S/C24H33N5O3/c30-23(18-3-4-21-22(15-18)27-16-26-21)25-9-12-29(20-7-13-32-14-8-20)19-5-10-28(11-6-19)24(31)17-1-2-17/h3-4,15-17,19-20H,1-2,5-14H2,(H,25,30)(H,26,27). The van der Waals surface area contributed by atoms with Crippen LogP contribution in [0.2, 0.25) is 0 Å². The molecule has 2 amide bonds. The number of carbonyl (C=O) groups excluding carboxylic acids is 2. The second-order valence-corrected chi connectivity index (χ2v) is 9.30. The number of hydrogen-bond donors (Lipinski definition) is 2. The van der Waals surface area contributed by atoms with Crippen molar-refractivity contribution in [3.63, 3.8) is 0 Å². The predicted octanol–water partition coefficient (Wildman–Crippen LogP) is 2.17. The van der Waals surface area contributed by atoms with Gasteiger partial charge in [0.15, 0.2) is 0 Å². The fourth-order valence-electron chi connectivity index (χ4n) is 5.16. The van der Waals surface area contributed by atoms with E-state index in [-0.39, 0.29) is 5.91 Å². The summed E-state index contributed by atoms with van der Waals surface area (Å²) in [5.74, 6) is 0.607. The van der Waals surface area contributed by atoms with E-state index in [9.17, 15) is 9.59 Å². The van der Waals surface area contributed by atoms with E-state index in [0.29, 0.717) is 36.0 Å². The van der Waals surface area contributed by atoms with Crippen LogP contribution in [-0.2, 0) is 9.53 Å². The Hall–Kier alpha value is -2.45. The molecular weight excluding hydrogens is 406 g/mol. The van der Waals surface area contributed by atoms with Gasteiger partial charge in [-0.2, -0.15) is 0 Å². The monoisotopic (exact) mass is 439 g/mol. The summed E-state index contributed by atoms with van der Waals surface area (Å²) in [6.07, 6.45) is 7.87. The van der Waals surface area contributed by atoms with Crippen molar-refractivity contribution >= 4 is 22.8 Å². The Balaban J connectivity index is 1.17. The fourth-order valence-corrected chi connectivity index (χ4v) is 5.16. The zero-order valence-corrected chi connectivity index (χ0v) is 18.6. The number of nitrogens with zero attached hydrogens (tertiary/aromatic N) is 3. The van der Waals surface area contributed by atoms with E-state index in [1.807, 2.05) is 18.2 Å². The molecule has 3 aliphatic rings. The predicted molar refractivity (Wildman–Crippen MR) is 121 cm³/mol. The number of rotatable bonds is 7. The van der Waals surface area contributed by atoms with Gasteiger partial charge in [-0.25, -0.2) is 4.98 Å². The van der Waals surface area contributed by atoms with Crippen LogP contribution in [0.15, 0.2) is 24.5 Å². The van der Waals surface area contributed by atoms with Crippen LogP contribution in [0.4, 0.5) is 0 Å². The maximum absolute atomic E-state index is 12.7. The Morgan fingerprint density at radius 3 is 2.59 bits per heavy atom. The van der Waals surface area contributed by atoms with E-state index in [4.69, 9.17) is 4.74 Å². The summed E-state index contributed by atoms with van der Waals surface area (Å²) in [5, 5.41) is 3.10. The molecule has 1 aliphatic carbocycles. The van der Waals surface area contributed by atoms with Gasteiger partial charge in [0, 0.05) is 63.0 Å². The minimum absolute atomic E-state index is 0.0572. The molecule has 8 nitrogen and oxygen atoms in total. The van der Waals surface area contributed by atoms with Gasteiger partial charge in [-0.3, -0.25) is 14.5 Å².